The van der Waals surface area contributed by atoms with Gasteiger partial charge in [-0.2, -0.15) is 4.31 Å². The number of sulfonamides is 1. The minimum Gasteiger partial charge on any atom is -0.465 e. The van der Waals surface area contributed by atoms with Gasteiger partial charge in [0.2, 0.25) is 15.9 Å². The number of amides is 1. The highest BCUT2D eigenvalue weighted by Gasteiger charge is 2.34. The summed E-state index contributed by atoms with van der Waals surface area (Å²) in [7, 11) is -2.57. The molecule has 1 atom stereocenters. The first-order valence-electron chi connectivity index (χ1n) is 6.79. The normalized spacial score (nSPS) is 19.6. The third-order valence-electron chi connectivity index (χ3n) is 3.41. The Balaban J connectivity index is 2.25. The third kappa shape index (κ3) is 3.47. The molecule has 9 heteroatoms. The third-order valence-corrected chi connectivity index (χ3v) is 6.34. The van der Waals surface area contributed by atoms with Gasteiger partial charge in [-0.1, -0.05) is 0 Å². The van der Waals surface area contributed by atoms with Crippen LogP contribution in [0, 0.1) is 0 Å². The number of nitrogens with one attached hydrogen (secondary N) is 1. The second-order valence-corrected chi connectivity index (χ2v) is 7.83. The molecule has 0 saturated carbocycles. The lowest BCUT2D eigenvalue weighted by atomic mass is 10.1. The van der Waals surface area contributed by atoms with E-state index < -0.39 is 16.0 Å². The number of carbonyl (C=O) groups excluding carboxylic acids is 2. The molecule has 0 spiro atoms. The van der Waals surface area contributed by atoms with E-state index in [-0.39, 0.29) is 28.3 Å². The molecule has 22 heavy (non-hydrogen) atoms. The first-order chi connectivity index (χ1) is 10.4. The summed E-state index contributed by atoms with van der Waals surface area (Å²) < 4.78 is 31.4. The van der Waals surface area contributed by atoms with Gasteiger partial charge in [-0.25, -0.2) is 13.2 Å². The minimum absolute atomic E-state index is 0.0344. The fourth-order valence-electron chi connectivity index (χ4n) is 2.45. The standard InChI is InChI=1S/C13H18N2O5S2/c1-9(16)14-10-4-3-6-15(8-10)22(18,19)11-5-7-21-12(11)13(17)20-2/h5,7,10H,3-4,6,8H2,1-2H3,(H,14,16)/t10-/m1/s1. The number of hydrogen-bond acceptors (Lipinski definition) is 6. The molecule has 0 radical (unpaired) electrons. The molecule has 0 bridgehead atoms. The molecule has 1 fully saturated rings. The number of carbonyl (C=O) groups is 2. The zero-order chi connectivity index (χ0) is 16.3. The van der Waals surface area contributed by atoms with E-state index in [1.165, 1.54) is 24.4 Å². The van der Waals surface area contributed by atoms with E-state index >= 15 is 0 Å². The van der Waals surface area contributed by atoms with E-state index in [0.29, 0.717) is 13.0 Å². The zero-order valence-electron chi connectivity index (χ0n) is 12.4. The van der Waals surface area contributed by atoms with Crippen LogP contribution in [0.5, 0.6) is 0 Å². The van der Waals surface area contributed by atoms with Gasteiger partial charge in [0.25, 0.3) is 0 Å². The van der Waals surface area contributed by atoms with E-state index in [1.807, 2.05) is 0 Å². The van der Waals surface area contributed by atoms with E-state index in [1.54, 1.807) is 5.38 Å². The first kappa shape index (κ1) is 16.9. The topological polar surface area (TPSA) is 92.8 Å². The summed E-state index contributed by atoms with van der Waals surface area (Å²) in [6, 6.07) is 1.20. The van der Waals surface area contributed by atoms with Crippen molar-refractivity contribution in [3.63, 3.8) is 0 Å². The molecule has 1 aliphatic rings. The van der Waals surface area contributed by atoms with Crippen molar-refractivity contribution >= 4 is 33.2 Å². The van der Waals surface area contributed by atoms with Crippen molar-refractivity contribution in [3.05, 3.63) is 16.3 Å². The number of thiophene rings is 1. The number of nitrogens with zero attached hydrogens (tertiary/aromatic N) is 1. The Hall–Kier alpha value is -1.45. The van der Waals surface area contributed by atoms with Gasteiger partial charge in [-0.3, -0.25) is 4.79 Å². The van der Waals surface area contributed by atoms with Crippen LogP contribution in [-0.2, 0) is 19.6 Å². The molecule has 0 unspecified atom stereocenters. The Morgan fingerprint density at radius 3 is 2.82 bits per heavy atom. The molecular weight excluding hydrogens is 328 g/mol. The van der Waals surface area contributed by atoms with Crippen molar-refractivity contribution < 1.29 is 22.7 Å². The monoisotopic (exact) mass is 346 g/mol. The van der Waals surface area contributed by atoms with Crippen LogP contribution in [-0.4, -0.2) is 50.8 Å². The molecule has 1 aliphatic heterocycles. The van der Waals surface area contributed by atoms with Gasteiger partial charge in [-0.05, 0) is 24.3 Å². The molecule has 7 nitrogen and oxygen atoms in total. The van der Waals surface area contributed by atoms with Gasteiger partial charge in [0.05, 0.1) is 7.11 Å². The average Bonchev–Trinajstić information content (AvgIpc) is 2.96. The van der Waals surface area contributed by atoms with Crippen LogP contribution in [0.25, 0.3) is 0 Å². The van der Waals surface area contributed by atoms with Crippen LogP contribution in [0.2, 0.25) is 0 Å². The summed E-state index contributed by atoms with van der Waals surface area (Å²) in [6.07, 6.45) is 1.39. The molecule has 1 aromatic heterocycles. The molecule has 0 aromatic carbocycles. The van der Waals surface area contributed by atoms with Crippen molar-refractivity contribution in [2.75, 3.05) is 20.2 Å². The lowest BCUT2D eigenvalue weighted by molar-refractivity contribution is -0.119. The van der Waals surface area contributed by atoms with E-state index in [0.717, 1.165) is 17.8 Å². The predicted octanol–water partition coefficient (Wildman–Crippen LogP) is 0.824. The number of rotatable bonds is 4. The Morgan fingerprint density at radius 1 is 1.45 bits per heavy atom. The van der Waals surface area contributed by atoms with Crippen molar-refractivity contribution in [2.24, 2.45) is 0 Å². The van der Waals surface area contributed by atoms with Gasteiger partial charge < -0.3 is 10.1 Å². The second-order valence-electron chi connectivity index (χ2n) is 5.01. The molecule has 1 aromatic rings. The smallest absolute Gasteiger partial charge is 0.349 e. The Labute approximate surface area is 133 Å². The lowest BCUT2D eigenvalue weighted by Crippen LogP contribution is -2.49. The Morgan fingerprint density at radius 2 is 2.18 bits per heavy atom. The van der Waals surface area contributed by atoms with Crippen LogP contribution >= 0.6 is 11.3 Å². The fraction of sp³-hybridized carbons (Fsp3) is 0.538. The quantitative estimate of drug-likeness (QED) is 0.815. The van der Waals surface area contributed by atoms with Gasteiger partial charge >= 0.3 is 5.97 Å². The summed E-state index contributed by atoms with van der Waals surface area (Å²) >= 11 is 1.03. The molecule has 2 heterocycles. The molecule has 1 saturated heterocycles. The van der Waals surface area contributed by atoms with Crippen molar-refractivity contribution in [1.29, 1.82) is 0 Å². The number of esters is 1. The van der Waals surface area contributed by atoms with E-state index in [9.17, 15) is 18.0 Å². The van der Waals surface area contributed by atoms with E-state index in [4.69, 9.17) is 0 Å². The molecule has 1 N–H and O–H groups in total. The summed E-state index contributed by atoms with van der Waals surface area (Å²) in [6.45, 7) is 1.98. The van der Waals surface area contributed by atoms with Crippen molar-refractivity contribution in [1.82, 2.24) is 9.62 Å². The summed E-state index contributed by atoms with van der Waals surface area (Å²) in [4.78, 5) is 22.9. The molecule has 1 amide bonds. The maximum Gasteiger partial charge on any atom is 0.349 e. The highest BCUT2D eigenvalue weighted by molar-refractivity contribution is 7.89. The van der Waals surface area contributed by atoms with Crippen molar-refractivity contribution in [2.45, 2.75) is 30.7 Å². The lowest BCUT2D eigenvalue weighted by Gasteiger charge is -2.32. The van der Waals surface area contributed by atoms with Gasteiger partial charge in [-0.15, -0.1) is 11.3 Å². The predicted molar refractivity (Wildman–Crippen MR) is 81.3 cm³/mol. The average molecular weight is 346 g/mol. The summed E-state index contributed by atoms with van der Waals surface area (Å²) in [5.74, 6) is -0.848. The second kappa shape index (κ2) is 6.76. The first-order valence-corrected chi connectivity index (χ1v) is 9.11. The highest BCUT2D eigenvalue weighted by Crippen LogP contribution is 2.27. The van der Waals surface area contributed by atoms with Gasteiger partial charge in [0, 0.05) is 26.1 Å². The minimum atomic E-state index is -3.78. The fourth-order valence-corrected chi connectivity index (χ4v) is 5.28. The molecule has 122 valence electrons. The largest absolute Gasteiger partial charge is 0.465 e. The Bertz CT molecular complexity index is 668. The van der Waals surface area contributed by atoms with E-state index in [2.05, 4.69) is 10.1 Å². The van der Waals surface area contributed by atoms with Crippen LogP contribution < -0.4 is 5.32 Å². The van der Waals surface area contributed by atoms with Gasteiger partial charge in [0.15, 0.2) is 0 Å². The van der Waals surface area contributed by atoms with Gasteiger partial charge in [0.1, 0.15) is 9.77 Å². The number of piperidine rings is 1. The summed E-state index contributed by atoms with van der Waals surface area (Å²) in [5.41, 5.74) is 0. The number of hydrogen-bond donors (Lipinski definition) is 1. The Kier molecular flexibility index (Phi) is 5.20. The highest BCUT2D eigenvalue weighted by atomic mass is 32.2. The summed E-state index contributed by atoms with van der Waals surface area (Å²) in [5, 5.41) is 4.29. The number of ether oxygens (including phenoxy) is 1. The number of methoxy groups -OCH3 is 1. The van der Waals surface area contributed by atoms with Crippen molar-refractivity contribution in [3.8, 4) is 0 Å². The van der Waals surface area contributed by atoms with Crippen LogP contribution in [0.15, 0.2) is 16.3 Å². The maximum absolute atomic E-state index is 12.7. The SMILES string of the molecule is COC(=O)c1sccc1S(=O)(=O)N1CCC[C@@H](NC(C)=O)C1. The van der Waals surface area contributed by atoms with Crippen LogP contribution in [0.3, 0.4) is 0 Å². The van der Waals surface area contributed by atoms with Crippen LogP contribution in [0.1, 0.15) is 29.4 Å². The van der Waals surface area contributed by atoms with Crippen LogP contribution in [0.4, 0.5) is 0 Å². The molecular formula is C13H18N2O5S2. The maximum atomic E-state index is 12.7. The molecule has 0 aliphatic carbocycles. The molecule has 2 rings (SSSR count). The zero-order valence-corrected chi connectivity index (χ0v) is 14.0.